The Kier molecular flexibility index (Phi) is 3.67. The summed E-state index contributed by atoms with van der Waals surface area (Å²) < 4.78 is 0. The average molecular weight is 304 g/mol. The van der Waals surface area contributed by atoms with Gasteiger partial charge in [0.05, 0.1) is 5.60 Å². The lowest BCUT2D eigenvalue weighted by atomic mass is 9.52. The van der Waals surface area contributed by atoms with Crippen LogP contribution < -0.4 is 0 Å². The van der Waals surface area contributed by atoms with Crippen LogP contribution in [-0.2, 0) is 4.79 Å². The number of carbonyl (C=O) groups is 1. The summed E-state index contributed by atoms with van der Waals surface area (Å²) in [5.41, 5.74) is -0.404. The fourth-order valence-corrected chi connectivity index (χ4v) is 7.24. The zero-order chi connectivity index (χ0) is 15.5. The third-order valence-electron chi connectivity index (χ3n) is 8.08. The third kappa shape index (κ3) is 2.37. The lowest BCUT2D eigenvalue weighted by Gasteiger charge is -2.54. The monoisotopic (exact) mass is 304 g/mol. The zero-order valence-electron chi connectivity index (χ0n) is 14.3. The molecule has 8 atom stereocenters. The largest absolute Gasteiger partial charge is 0.390 e. The van der Waals surface area contributed by atoms with Gasteiger partial charge in [0.1, 0.15) is 5.78 Å². The first-order chi connectivity index (χ1) is 10.5. The van der Waals surface area contributed by atoms with Crippen LogP contribution in [0.1, 0.15) is 71.6 Å². The first-order valence-electron chi connectivity index (χ1n) is 9.69. The Morgan fingerprint density at radius 2 is 1.45 bits per heavy atom. The molecule has 1 N–H and O–H groups in total. The van der Waals surface area contributed by atoms with E-state index in [4.69, 9.17) is 0 Å². The quantitative estimate of drug-likeness (QED) is 0.788. The Morgan fingerprint density at radius 1 is 0.864 bits per heavy atom. The van der Waals surface area contributed by atoms with Crippen LogP contribution in [-0.4, -0.2) is 16.5 Å². The molecule has 0 amide bonds. The molecule has 0 saturated heterocycles. The average Bonchev–Trinajstić information content (AvgIpc) is 2.89. The second-order valence-corrected chi connectivity index (χ2v) is 9.27. The van der Waals surface area contributed by atoms with E-state index in [9.17, 15) is 9.90 Å². The maximum Gasteiger partial charge on any atom is 0.133 e. The molecule has 22 heavy (non-hydrogen) atoms. The molecular formula is C20H32O2. The van der Waals surface area contributed by atoms with E-state index in [-0.39, 0.29) is 0 Å². The van der Waals surface area contributed by atoms with Gasteiger partial charge in [-0.2, -0.15) is 0 Å². The SMILES string of the molecule is CC(=O)[C@H]1CC[C@@H]2C1CC[C@H]1[C@H]2CC[C@@H]2C[C@](C)(O)CC[C@@H]21. The van der Waals surface area contributed by atoms with E-state index >= 15 is 0 Å². The van der Waals surface area contributed by atoms with Gasteiger partial charge in [-0.25, -0.2) is 0 Å². The molecule has 124 valence electrons. The van der Waals surface area contributed by atoms with Crippen molar-refractivity contribution >= 4 is 5.78 Å². The van der Waals surface area contributed by atoms with Crippen molar-refractivity contribution in [2.45, 2.75) is 77.2 Å². The second-order valence-electron chi connectivity index (χ2n) is 9.27. The van der Waals surface area contributed by atoms with E-state index in [0.29, 0.717) is 17.6 Å². The molecule has 0 aromatic heterocycles. The van der Waals surface area contributed by atoms with Crippen LogP contribution >= 0.6 is 0 Å². The van der Waals surface area contributed by atoms with Gasteiger partial charge < -0.3 is 5.11 Å². The second kappa shape index (κ2) is 5.33. The standard InChI is InChI=1S/C20H32O2/c1-12(21)14-5-6-19-16(14)7-8-17-15-9-10-20(2,22)11-13(15)3-4-18(17)19/h13-19,22H,3-11H2,1-2H3/t13-,14-,15+,16?,17-,18-,19-,20-/m1/s1. The highest BCUT2D eigenvalue weighted by atomic mass is 16.3. The summed E-state index contributed by atoms with van der Waals surface area (Å²) in [6.07, 6.45) is 11.1. The minimum Gasteiger partial charge on any atom is -0.390 e. The van der Waals surface area contributed by atoms with E-state index in [1.54, 1.807) is 0 Å². The van der Waals surface area contributed by atoms with Crippen molar-refractivity contribution in [1.29, 1.82) is 0 Å². The Labute approximate surface area is 135 Å². The summed E-state index contributed by atoms with van der Waals surface area (Å²) in [5, 5.41) is 10.4. The van der Waals surface area contributed by atoms with Crippen molar-refractivity contribution in [2.24, 2.45) is 41.4 Å². The fourth-order valence-electron chi connectivity index (χ4n) is 7.24. The van der Waals surface area contributed by atoms with Gasteiger partial charge in [-0.05, 0) is 107 Å². The third-order valence-corrected chi connectivity index (χ3v) is 8.08. The van der Waals surface area contributed by atoms with Gasteiger partial charge in [0, 0.05) is 5.92 Å². The molecule has 0 heterocycles. The van der Waals surface area contributed by atoms with Gasteiger partial charge in [0.15, 0.2) is 0 Å². The maximum absolute atomic E-state index is 11.9. The van der Waals surface area contributed by atoms with Gasteiger partial charge in [-0.1, -0.05) is 0 Å². The number of carbonyl (C=O) groups excluding carboxylic acids is 1. The lowest BCUT2D eigenvalue weighted by Crippen LogP contribution is -2.48. The van der Waals surface area contributed by atoms with E-state index in [0.717, 1.165) is 48.9 Å². The summed E-state index contributed by atoms with van der Waals surface area (Å²) >= 11 is 0. The normalized spacial score (nSPS) is 54.2. The van der Waals surface area contributed by atoms with Gasteiger partial charge in [-0.15, -0.1) is 0 Å². The molecule has 1 unspecified atom stereocenters. The number of ketones is 1. The van der Waals surface area contributed by atoms with Crippen molar-refractivity contribution in [1.82, 2.24) is 0 Å². The molecule has 4 aliphatic rings. The fraction of sp³-hybridized carbons (Fsp3) is 0.950. The van der Waals surface area contributed by atoms with Crippen molar-refractivity contribution in [3.05, 3.63) is 0 Å². The maximum atomic E-state index is 11.9. The van der Waals surface area contributed by atoms with Crippen LogP contribution in [0.5, 0.6) is 0 Å². The van der Waals surface area contributed by atoms with Gasteiger partial charge in [0.25, 0.3) is 0 Å². The first kappa shape index (κ1) is 15.2. The van der Waals surface area contributed by atoms with Gasteiger partial charge >= 0.3 is 0 Å². The molecule has 0 aromatic carbocycles. The topological polar surface area (TPSA) is 37.3 Å². The number of aliphatic hydroxyl groups is 1. The molecule has 4 aliphatic carbocycles. The Balaban J connectivity index is 1.51. The smallest absolute Gasteiger partial charge is 0.133 e. The van der Waals surface area contributed by atoms with Crippen LogP contribution in [0.3, 0.4) is 0 Å². The summed E-state index contributed by atoms with van der Waals surface area (Å²) in [6, 6.07) is 0. The molecule has 0 bridgehead atoms. The minimum atomic E-state index is -0.404. The molecule has 0 radical (unpaired) electrons. The van der Waals surface area contributed by atoms with Gasteiger partial charge in [0.2, 0.25) is 0 Å². The summed E-state index contributed by atoms with van der Waals surface area (Å²) in [6.45, 7) is 3.86. The number of Topliss-reactive ketones (excluding diaryl/α,β-unsaturated/α-hetero) is 1. The molecule has 4 rings (SSSR count). The number of fused-ring (bicyclic) bond motifs is 5. The Morgan fingerprint density at radius 3 is 2.23 bits per heavy atom. The van der Waals surface area contributed by atoms with E-state index in [2.05, 4.69) is 0 Å². The highest BCUT2D eigenvalue weighted by molar-refractivity contribution is 5.79. The van der Waals surface area contributed by atoms with Crippen LogP contribution in [0.25, 0.3) is 0 Å². The Hall–Kier alpha value is -0.370. The highest BCUT2D eigenvalue weighted by Gasteiger charge is 2.53. The predicted octanol–water partition coefficient (Wildman–Crippen LogP) is 4.21. The molecule has 0 spiro atoms. The minimum absolute atomic E-state index is 0.385. The van der Waals surface area contributed by atoms with Crippen LogP contribution in [0.2, 0.25) is 0 Å². The summed E-state index contributed by atoms with van der Waals surface area (Å²) in [4.78, 5) is 11.9. The number of hydrogen-bond donors (Lipinski definition) is 1. The van der Waals surface area contributed by atoms with Crippen molar-refractivity contribution in [3.63, 3.8) is 0 Å². The molecule has 4 fully saturated rings. The van der Waals surface area contributed by atoms with Crippen molar-refractivity contribution in [3.8, 4) is 0 Å². The zero-order valence-corrected chi connectivity index (χ0v) is 14.3. The van der Waals surface area contributed by atoms with E-state index in [1.807, 2.05) is 13.8 Å². The molecular weight excluding hydrogens is 272 g/mol. The highest BCUT2D eigenvalue weighted by Crippen LogP contribution is 2.59. The van der Waals surface area contributed by atoms with Crippen LogP contribution in [0.4, 0.5) is 0 Å². The number of rotatable bonds is 1. The molecule has 2 nitrogen and oxygen atoms in total. The molecule has 0 aromatic rings. The Bertz CT molecular complexity index is 455. The molecule has 4 saturated carbocycles. The van der Waals surface area contributed by atoms with Gasteiger partial charge in [-0.3, -0.25) is 4.79 Å². The van der Waals surface area contributed by atoms with Crippen molar-refractivity contribution < 1.29 is 9.90 Å². The summed E-state index contributed by atoms with van der Waals surface area (Å²) in [5.74, 6) is 5.83. The predicted molar refractivity (Wildman–Crippen MR) is 87.3 cm³/mol. The molecule has 2 heteroatoms. The van der Waals surface area contributed by atoms with Crippen LogP contribution in [0.15, 0.2) is 0 Å². The molecule has 0 aliphatic heterocycles. The summed E-state index contributed by atoms with van der Waals surface area (Å²) in [7, 11) is 0. The number of hydrogen-bond acceptors (Lipinski definition) is 2. The van der Waals surface area contributed by atoms with Crippen molar-refractivity contribution in [2.75, 3.05) is 0 Å². The first-order valence-corrected chi connectivity index (χ1v) is 9.69. The van der Waals surface area contributed by atoms with E-state index < -0.39 is 5.60 Å². The van der Waals surface area contributed by atoms with E-state index in [1.165, 1.54) is 38.5 Å². The van der Waals surface area contributed by atoms with Crippen LogP contribution in [0, 0.1) is 41.4 Å². The lowest BCUT2D eigenvalue weighted by molar-refractivity contribution is -0.124.